The fourth-order valence-corrected chi connectivity index (χ4v) is 3.59. The summed E-state index contributed by atoms with van der Waals surface area (Å²) >= 11 is 0. The summed E-state index contributed by atoms with van der Waals surface area (Å²) in [5.41, 5.74) is 4.62. The van der Waals surface area contributed by atoms with Crippen molar-refractivity contribution in [2.24, 2.45) is 7.05 Å². The number of nitrogens with one attached hydrogen (secondary N) is 2. The number of amides is 1. The summed E-state index contributed by atoms with van der Waals surface area (Å²) in [4.78, 5) is 21.6. The summed E-state index contributed by atoms with van der Waals surface area (Å²) in [6.07, 6.45) is 9.02. The number of carbonyl (C=O) groups excluding carboxylic acids is 1. The topological polar surface area (TPSA) is 123 Å². The van der Waals surface area contributed by atoms with Crippen molar-refractivity contribution in [1.29, 1.82) is 0 Å². The molecule has 0 radical (unpaired) electrons. The first-order chi connectivity index (χ1) is 16.7. The highest BCUT2D eigenvalue weighted by atomic mass is 16.3. The van der Waals surface area contributed by atoms with Crippen LogP contribution in [0.15, 0.2) is 55.2 Å². The summed E-state index contributed by atoms with van der Waals surface area (Å²) in [6, 6.07) is 7.73. The third-order valence-corrected chi connectivity index (χ3v) is 5.47. The molecule has 3 heterocycles. The lowest BCUT2D eigenvalue weighted by Crippen LogP contribution is -2.24. The summed E-state index contributed by atoms with van der Waals surface area (Å²) in [5, 5.41) is 24.1. The van der Waals surface area contributed by atoms with Crippen LogP contribution in [0.3, 0.4) is 0 Å². The van der Waals surface area contributed by atoms with E-state index in [1.165, 1.54) is 0 Å². The minimum absolute atomic E-state index is 0.000337. The molecule has 0 bridgehead atoms. The van der Waals surface area contributed by atoms with Crippen LogP contribution >= 0.6 is 0 Å². The van der Waals surface area contributed by atoms with E-state index in [1.54, 1.807) is 34.2 Å². The molecule has 4 aromatic rings. The summed E-state index contributed by atoms with van der Waals surface area (Å²) < 4.78 is 3.47. The fourth-order valence-electron chi connectivity index (χ4n) is 3.59. The van der Waals surface area contributed by atoms with E-state index < -0.39 is 0 Å². The monoisotopic (exact) mass is 474 g/mol. The maximum atomic E-state index is 12.7. The number of aryl methyl sites for hydroxylation is 1. The van der Waals surface area contributed by atoms with Crippen LogP contribution in [0.5, 0.6) is 0 Å². The number of carbonyl (C=O) groups is 1. The van der Waals surface area contributed by atoms with Gasteiger partial charge in [-0.1, -0.05) is 12.1 Å². The maximum Gasteiger partial charge on any atom is 0.254 e. The number of nitrogens with zero attached hydrogens (tertiary/aromatic N) is 6. The van der Waals surface area contributed by atoms with Crippen LogP contribution in [-0.2, 0) is 25.6 Å². The molecule has 1 amide bonds. The number of hydrogen-bond donors (Lipinski definition) is 3. The minimum atomic E-state index is -0.197. The van der Waals surface area contributed by atoms with Gasteiger partial charge < -0.3 is 15.7 Å². The van der Waals surface area contributed by atoms with E-state index in [0.29, 0.717) is 24.5 Å². The smallest absolute Gasteiger partial charge is 0.254 e. The normalized spacial score (nSPS) is 11.5. The van der Waals surface area contributed by atoms with E-state index in [2.05, 4.69) is 30.8 Å². The second-order valence-corrected chi connectivity index (χ2v) is 9.28. The van der Waals surface area contributed by atoms with Gasteiger partial charge in [-0.25, -0.2) is 9.97 Å². The highest BCUT2D eigenvalue weighted by Gasteiger charge is 2.17. The molecule has 35 heavy (non-hydrogen) atoms. The van der Waals surface area contributed by atoms with Gasteiger partial charge in [-0.05, 0) is 50.5 Å². The highest BCUT2D eigenvalue weighted by Crippen LogP contribution is 2.23. The van der Waals surface area contributed by atoms with E-state index in [-0.39, 0.29) is 18.1 Å². The maximum absolute atomic E-state index is 12.7. The average molecular weight is 475 g/mol. The van der Waals surface area contributed by atoms with E-state index >= 15 is 0 Å². The molecule has 0 fully saturated rings. The zero-order valence-electron chi connectivity index (χ0n) is 20.4. The minimum Gasteiger partial charge on any atom is -0.396 e. The molecule has 1 aromatic carbocycles. The van der Waals surface area contributed by atoms with Gasteiger partial charge in [0.1, 0.15) is 0 Å². The Labute approximate surface area is 204 Å². The van der Waals surface area contributed by atoms with Crippen molar-refractivity contribution < 1.29 is 9.90 Å². The summed E-state index contributed by atoms with van der Waals surface area (Å²) in [5.74, 6) is 0.271. The van der Waals surface area contributed by atoms with Crippen molar-refractivity contribution in [3.63, 3.8) is 0 Å². The highest BCUT2D eigenvalue weighted by molar-refractivity contribution is 5.93. The molecular formula is C25H30N8O2. The van der Waals surface area contributed by atoms with Gasteiger partial charge in [0, 0.05) is 44.4 Å². The quantitative estimate of drug-likeness (QED) is 0.359. The second kappa shape index (κ2) is 10.1. The standard InChI is InChI=1S/C25H30N8O2/c1-25(2,3)33-15-20(13-29-33)23(35)27-12-19-6-5-18(11-17(19)8-10-34)22-7-9-26-24(31-22)30-21-14-28-32(4)16-21/h5-7,9,11,13-16,34H,8,10,12H2,1-4H3,(H,27,35)(H,26,30,31). The van der Waals surface area contributed by atoms with Crippen molar-refractivity contribution in [3.05, 3.63) is 71.9 Å². The molecule has 0 aliphatic heterocycles. The first-order valence-corrected chi connectivity index (χ1v) is 11.4. The number of hydrogen-bond acceptors (Lipinski definition) is 7. The summed E-state index contributed by atoms with van der Waals surface area (Å²) in [7, 11) is 1.84. The van der Waals surface area contributed by atoms with Crippen LogP contribution in [0.2, 0.25) is 0 Å². The molecule has 3 aromatic heterocycles. The lowest BCUT2D eigenvalue weighted by Gasteiger charge is -2.18. The Morgan fingerprint density at radius 2 is 1.91 bits per heavy atom. The Morgan fingerprint density at radius 3 is 2.60 bits per heavy atom. The Balaban J connectivity index is 1.49. The number of aromatic nitrogens is 6. The SMILES string of the molecule is Cn1cc(Nc2nccc(-c3ccc(CNC(=O)c4cnn(C(C)(C)C)c4)c(CCO)c3)n2)cn1. The molecule has 0 atom stereocenters. The van der Waals surface area contributed by atoms with Crippen LogP contribution in [0.4, 0.5) is 11.6 Å². The van der Waals surface area contributed by atoms with Crippen LogP contribution in [0.1, 0.15) is 42.3 Å². The van der Waals surface area contributed by atoms with E-state index in [0.717, 1.165) is 28.1 Å². The molecule has 0 saturated carbocycles. The van der Waals surface area contributed by atoms with Crippen molar-refractivity contribution in [2.45, 2.75) is 39.3 Å². The molecule has 10 heteroatoms. The largest absolute Gasteiger partial charge is 0.396 e. The number of anilines is 2. The first-order valence-electron chi connectivity index (χ1n) is 11.4. The number of benzene rings is 1. The van der Waals surface area contributed by atoms with Gasteiger partial charge in [-0.15, -0.1) is 0 Å². The third kappa shape index (κ3) is 5.90. The van der Waals surface area contributed by atoms with Crippen molar-refractivity contribution >= 4 is 17.5 Å². The van der Waals surface area contributed by atoms with Gasteiger partial charge in [0.05, 0.1) is 34.9 Å². The molecule has 182 valence electrons. The summed E-state index contributed by atoms with van der Waals surface area (Å²) in [6.45, 7) is 6.42. The molecule has 3 N–H and O–H groups in total. The molecule has 10 nitrogen and oxygen atoms in total. The lowest BCUT2D eigenvalue weighted by atomic mass is 9.99. The molecule has 0 aliphatic rings. The number of rotatable bonds is 8. The van der Waals surface area contributed by atoms with Gasteiger partial charge in [0.25, 0.3) is 5.91 Å². The van der Waals surface area contributed by atoms with Gasteiger partial charge in [-0.3, -0.25) is 14.2 Å². The van der Waals surface area contributed by atoms with Crippen LogP contribution in [-0.4, -0.2) is 47.1 Å². The Kier molecular flexibility index (Phi) is 6.92. The Morgan fingerprint density at radius 1 is 1.09 bits per heavy atom. The first kappa shape index (κ1) is 24.1. The second-order valence-electron chi connectivity index (χ2n) is 9.28. The van der Waals surface area contributed by atoms with Crippen molar-refractivity contribution in [3.8, 4) is 11.3 Å². The van der Waals surface area contributed by atoms with E-state index in [4.69, 9.17) is 0 Å². The van der Waals surface area contributed by atoms with E-state index in [1.807, 2.05) is 58.3 Å². The fraction of sp³-hybridized carbons (Fsp3) is 0.320. The third-order valence-electron chi connectivity index (χ3n) is 5.47. The average Bonchev–Trinajstić information content (AvgIpc) is 3.48. The van der Waals surface area contributed by atoms with Gasteiger partial charge in [-0.2, -0.15) is 10.2 Å². The molecular weight excluding hydrogens is 444 g/mol. The van der Waals surface area contributed by atoms with Crippen LogP contribution < -0.4 is 10.6 Å². The van der Waals surface area contributed by atoms with Gasteiger partial charge in [0.2, 0.25) is 5.95 Å². The molecule has 0 saturated heterocycles. The lowest BCUT2D eigenvalue weighted by molar-refractivity contribution is 0.0950. The van der Waals surface area contributed by atoms with Crippen molar-refractivity contribution in [2.75, 3.05) is 11.9 Å². The van der Waals surface area contributed by atoms with E-state index in [9.17, 15) is 9.90 Å². The van der Waals surface area contributed by atoms with Crippen molar-refractivity contribution in [1.82, 2.24) is 34.8 Å². The Bertz CT molecular complexity index is 1320. The molecule has 0 spiro atoms. The van der Waals surface area contributed by atoms with Crippen LogP contribution in [0, 0.1) is 0 Å². The number of aliphatic hydroxyl groups excluding tert-OH is 1. The van der Waals surface area contributed by atoms with Gasteiger partial charge in [0.15, 0.2) is 0 Å². The molecule has 0 aliphatic carbocycles. The Hall–Kier alpha value is -4.05. The van der Waals surface area contributed by atoms with Crippen LogP contribution in [0.25, 0.3) is 11.3 Å². The zero-order chi connectivity index (χ0) is 25.0. The predicted octanol–water partition coefficient (Wildman–Crippen LogP) is 3.04. The predicted molar refractivity (Wildman–Crippen MR) is 133 cm³/mol. The van der Waals surface area contributed by atoms with Gasteiger partial charge >= 0.3 is 0 Å². The number of aliphatic hydroxyl groups is 1. The zero-order valence-corrected chi connectivity index (χ0v) is 20.4. The molecule has 4 rings (SSSR count). The molecule has 0 unspecified atom stereocenters.